The van der Waals surface area contributed by atoms with Crippen LogP contribution in [0.15, 0.2) is 24.3 Å². The molecule has 0 aliphatic heterocycles. The summed E-state index contributed by atoms with van der Waals surface area (Å²) in [6, 6.07) is 7.58. The highest BCUT2D eigenvalue weighted by atomic mass is 16.2. The highest BCUT2D eigenvalue weighted by molar-refractivity contribution is 5.81. The Morgan fingerprint density at radius 1 is 1.25 bits per heavy atom. The Morgan fingerprint density at radius 3 is 2.62 bits per heavy atom. The van der Waals surface area contributed by atoms with Crippen molar-refractivity contribution >= 4 is 22.8 Å². The highest BCUT2D eigenvalue weighted by Crippen LogP contribution is 2.15. The van der Waals surface area contributed by atoms with Crippen LogP contribution in [-0.4, -0.2) is 28.3 Å². The van der Waals surface area contributed by atoms with Gasteiger partial charge in [-0.2, -0.15) is 0 Å². The number of amides is 2. The summed E-state index contributed by atoms with van der Waals surface area (Å²) in [6.45, 7) is 8.00. The molecule has 2 amide bonds. The van der Waals surface area contributed by atoms with Gasteiger partial charge in [-0.05, 0) is 25.5 Å². The summed E-state index contributed by atoms with van der Waals surface area (Å²) in [5.41, 5.74) is 1.44. The van der Waals surface area contributed by atoms with Gasteiger partial charge in [0.15, 0.2) is 0 Å². The smallest absolute Gasteiger partial charge is 0.225 e. The predicted molar refractivity (Wildman–Crippen MR) is 94.4 cm³/mol. The second-order valence-electron chi connectivity index (χ2n) is 7.04. The maximum Gasteiger partial charge on any atom is 0.225 e. The monoisotopic (exact) mass is 330 g/mol. The van der Waals surface area contributed by atoms with Crippen LogP contribution >= 0.6 is 0 Å². The molecule has 0 fully saturated rings. The molecule has 0 radical (unpaired) electrons. The minimum Gasteiger partial charge on any atom is -0.356 e. The molecule has 0 bridgehead atoms. The molecular formula is C18H26N4O2. The van der Waals surface area contributed by atoms with Crippen LogP contribution < -0.4 is 10.6 Å². The Bertz CT molecular complexity index is 682. The van der Waals surface area contributed by atoms with Gasteiger partial charge in [-0.3, -0.25) is 9.59 Å². The van der Waals surface area contributed by atoms with Crippen molar-refractivity contribution in [3.8, 4) is 0 Å². The van der Waals surface area contributed by atoms with Crippen LogP contribution in [0.1, 0.15) is 52.4 Å². The zero-order valence-electron chi connectivity index (χ0n) is 14.8. The Morgan fingerprint density at radius 2 is 1.96 bits per heavy atom. The number of hydrogen-bond acceptors (Lipinski definition) is 3. The lowest BCUT2D eigenvalue weighted by molar-refractivity contribution is -0.128. The Balaban J connectivity index is 1.76. The van der Waals surface area contributed by atoms with Gasteiger partial charge >= 0.3 is 0 Å². The number of carbonyl (C=O) groups excluding carboxylic acids is 2. The number of para-hydroxylation sites is 2. The van der Waals surface area contributed by atoms with Gasteiger partial charge in [0.2, 0.25) is 11.8 Å². The number of hydrogen-bond donors (Lipinski definition) is 3. The Kier molecular flexibility index (Phi) is 5.59. The molecule has 1 aromatic carbocycles. The molecule has 0 saturated carbocycles. The minimum absolute atomic E-state index is 0.00134. The maximum absolute atomic E-state index is 12.0. The van der Waals surface area contributed by atoms with E-state index in [1.54, 1.807) is 0 Å². The number of fused-ring (bicyclic) bond motifs is 1. The number of aromatic nitrogens is 2. The first-order chi connectivity index (χ1) is 11.3. The third kappa shape index (κ3) is 4.81. The van der Waals surface area contributed by atoms with Crippen LogP contribution in [0.5, 0.6) is 0 Å². The summed E-state index contributed by atoms with van der Waals surface area (Å²) in [6.07, 6.45) is 0.982. The van der Waals surface area contributed by atoms with Gasteiger partial charge in [0, 0.05) is 18.4 Å². The number of rotatable bonds is 6. The predicted octanol–water partition coefficient (Wildman–Crippen LogP) is 2.68. The first kappa shape index (κ1) is 18.0. The van der Waals surface area contributed by atoms with E-state index >= 15 is 0 Å². The molecular weight excluding hydrogens is 304 g/mol. The van der Waals surface area contributed by atoms with Gasteiger partial charge < -0.3 is 15.6 Å². The summed E-state index contributed by atoms with van der Waals surface area (Å²) in [7, 11) is 0. The van der Waals surface area contributed by atoms with Crippen LogP contribution in [0.4, 0.5) is 0 Å². The fraction of sp³-hybridized carbons (Fsp3) is 0.500. The number of carbonyl (C=O) groups is 2. The summed E-state index contributed by atoms with van der Waals surface area (Å²) in [5, 5.41) is 5.77. The summed E-state index contributed by atoms with van der Waals surface area (Å²) < 4.78 is 0. The van der Waals surface area contributed by atoms with Crippen LogP contribution in [0.2, 0.25) is 0 Å². The lowest BCUT2D eigenvalue weighted by atomic mass is 9.96. The molecule has 3 N–H and O–H groups in total. The van der Waals surface area contributed by atoms with Crippen molar-refractivity contribution in [2.45, 2.75) is 46.6 Å². The largest absolute Gasteiger partial charge is 0.356 e. The fourth-order valence-electron chi connectivity index (χ4n) is 2.28. The van der Waals surface area contributed by atoms with Gasteiger partial charge in [-0.15, -0.1) is 0 Å². The van der Waals surface area contributed by atoms with Crippen molar-refractivity contribution in [3.63, 3.8) is 0 Å². The normalized spacial score (nSPS) is 12.8. The third-order valence-electron chi connectivity index (χ3n) is 3.74. The van der Waals surface area contributed by atoms with Crippen LogP contribution in [0.3, 0.4) is 0 Å². The molecule has 0 aliphatic carbocycles. The standard InChI is InChI=1S/C18H26N4O2/c1-12(16-21-13-8-5-6-9-14(13)22-16)20-15(23)10-7-11-19-17(24)18(2,3)4/h5-6,8-9,12H,7,10-11H2,1-4H3,(H,19,24)(H,20,23)(H,21,22). The first-order valence-electron chi connectivity index (χ1n) is 8.29. The Hall–Kier alpha value is -2.37. The Labute approximate surface area is 142 Å². The average Bonchev–Trinajstić information content (AvgIpc) is 2.94. The van der Waals surface area contributed by atoms with E-state index in [0.29, 0.717) is 19.4 Å². The number of aromatic amines is 1. The van der Waals surface area contributed by atoms with Crippen LogP contribution in [0.25, 0.3) is 11.0 Å². The van der Waals surface area contributed by atoms with Gasteiger partial charge in [-0.25, -0.2) is 4.98 Å². The molecule has 2 rings (SSSR count). The molecule has 0 saturated heterocycles. The van der Waals surface area contributed by atoms with E-state index in [0.717, 1.165) is 16.9 Å². The van der Waals surface area contributed by atoms with E-state index < -0.39 is 5.41 Å². The molecule has 6 heteroatoms. The molecule has 24 heavy (non-hydrogen) atoms. The minimum atomic E-state index is -0.405. The molecule has 1 aromatic heterocycles. The topological polar surface area (TPSA) is 86.9 Å². The van der Waals surface area contributed by atoms with Crippen molar-refractivity contribution in [1.82, 2.24) is 20.6 Å². The van der Waals surface area contributed by atoms with Crippen molar-refractivity contribution in [2.75, 3.05) is 6.54 Å². The molecule has 1 unspecified atom stereocenters. The van der Waals surface area contributed by atoms with E-state index in [2.05, 4.69) is 20.6 Å². The van der Waals surface area contributed by atoms with Gasteiger partial charge in [0.25, 0.3) is 0 Å². The number of imidazole rings is 1. The number of benzene rings is 1. The lowest BCUT2D eigenvalue weighted by Crippen LogP contribution is -2.36. The number of nitrogens with one attached hydrogen (secondary N) is 3. The molecule has 1 heterocycles. The number of H-pyrrole nitrogens is 1. The van der Waals surface area contributed by atoms with E-state index in [-0.39, 0.29) is 17.9 Å². The van der Waals surface area contributed by atoms with E-state index in [9.17, 15) is 9.59 Å². The summed E-state index contributed by atoms with van der Waals surface area (Å²) in [5.74, 6) is 0.692. The number of nitrogens with zero attached hydrogens (tertiary/aromatic N) is 1. The maximum atomic E-state index is 12.0. The molecule has 6 nitrogen and oxygen atoms in total. The second kappa shape index (κ2) is 7.47. The average molecular weight is 330 g/mol. The fourth-order valence-corrected chi connectivity index (χ4v) is 2.28. The van der Waals surface area contributed by atoms with E-state index in [1.807, 2.05) is 52.0 Å². The quantitative estimate of drug-likeness (QED) is 0.712. The third-order valence-corrected chi connectivity index (χ3v) is 3.74. The molecule has 1 atom stereocenters. The van der Waals surface area contributed by atoms with E-state index in [1.165, 1.54) is 0 Å². The zero-order valence-corrected chi connectivity index (χ0v) is 14.8. The first-order valence-corrected chi connectivity index (χ1v) is 8.29. The SMILES string of the molecule is CC(NC(=O)CCCNC(=O)C(C)(C)C)c1nc2ccccc2[nH]1. The molecule has 2 aromatic rings. The van der Waals surface area contributed by atoms with Crippen LogP contribution in [0, 0.1) is 5.41 Å². The van der Waals surface area contributed by atoms with Crippen molar-refractivity contribution in [2.24, 2.45) is 5.41 Å². The zero-order chi connectivity index (χ0) is 17.7. The highest BCUT2D eigenvalue weighted by Gasteiger charge is 2.20. The van der Waals surface area contributed by atoms with Crippen molar-refractivity contribution < 1.29 is 9.59 Å². The van der Waals surface area contributed by atoms with Crippen LogP contribution in [-0.2, 0) is 9.59 Å². The van der Waals surface area contributed by atoms with Gasteiger partial charge in [0.05, 0.1) is 17.1 Å². The molecule has 0 spiro atoms. The summed E-state index contributed by atoms with van der Waals surface area (Å²) in [4.78, 5) is 31.5. The summed E-state index contributed by atoms with van der Waals surface area (Å²) >= 11 is 0. The van der Waals surface area contributed by atoms with Crippen molar-refractivity contribution in [3.05, 3.63) is 30.1 Å². The second-order valence-corrected chi connectivity index (χ2v) is 7.04. The molecule has 0 aliphatic rings. The lowest BCUT2D eigenvalue weighted by Gasteiger charge is -2.17. The van der Waals surface area contributed by atoms with E-state index in [4.69, 9.17) is 0 Å². The van der Waals surface area contributed by atoms with Gasteiger partial charge in [-0.1, -0.05) is 32.9 Å². The van der Waals surface area contributed by atoms with Crippen molar-refractivity contribution in [1.29, 1.82) is 0 Å². The molecule has 130 valence electrons. The van der Waals surface area contributed by atoms with Gasteiger partial charge in [0.1, 0.15) is 5.82 Å².